The number of carbonyl (C=O) groups is 5. The average molecular weight is 608 g/mol. The largest absolute Gasteiger partial charge is 0.480 e. The van der Waals surface area contributed by atoms with Crippen LogP contribution in [0.1, 0.15) is 37.8 Å². The number of carboxylic acids is 1. The van der Waals surface area contributed by atoms with Gasteiger partial charge in [-0.05, 0) is 29.9 Å². The number of nitrogens with zero attached hydrogens (tertiary/aromatic N) is 1. The first-order chi connectivity index (χ1) is 21.1. The zero-order chi connectivity index (χ0) is 32.1. The van der Waals surface area contributed by atoms with Crippen LogP contribution in [0.5, 0.6) is 0 Å². The minimum absolute atomic E-state index is 0.0267. The van der Waals surface area contributed by atoms with E-state index < -0.39 is 54.0 Å². The fourth-order valence-corrected chi connectivity index (χ4v) is 4.84. The van der Waals surface area contributed by atoms with Gasteiger partial charge in [0.05, 0.1) is 12.1 Å². The van der Waals surface area contributed by atoms with Gasteiger partial charge in [0.25, 0.3) is 0 Å². The molecule has 0 spiro atoms. The number of amides is 4. The number of carbonyl (C=O) groups excluding carboxylic acids is 4. The number of guanidine groups is 1. The van der Waals surface area contributed by atoms with Crippen molar-refractivity contribution in [3.8, 4) is 0 Å². The smallest absolute Gasteiger partial charge is 0.326 e. The number of rotatable bonds is 15. The van der Waals surface area contributed by atoms with Gasteiger partial charge in [-0.2, -0.15) is 0 Å². The van der Waals surface area contributed by atoms with Crippen molar-refractivity contribution in [3.63, 3.8) is 0 Å². The summed E-state index contributed by atoms with van der Waals surface area (Å²) in [5, 5.41) is 23.1. The highest BCUT2D eigenvalue weighted by molar-refractivity contribution is 5.94. The molecule has 1 aliphatic rings. The minimum Gasteiger partial charge on any atom is -0.480 e. The lowest BCUT2D eigenvalue weighted by Gasteiger charge is -2.33. The summed E-state index contributed by atoms with van der Waals surface area (Å²) in [5.41, 5.74) is 7.42. The summed E-state index contributed by atoms with van der Waals surface area (Å²) in [6.45, 7) is 3.94. The second-order valence-electron chi connectivity index (χ2n) is 10.8. The lowest BCUT2D eigenvalue weighted by Crippen LogP contribution is -2.65. The van der Waals surface area contributed by atoms with Gasteiger partial charge in [0, 0.05) is 13.0 Å². The number of hydrogen-bond donors (Lipinski definition) is 7. The molecule has 13 nitrogen and oxygen atoms in total. The number of aldehydes is 1. The van der Waals surface area contributed by atoms with Crippen molar-refractivity contribution in [2.45, 2.75) is 69.7 Å². The van der Waals surface area contributed by atoms with Crippen LogP contribution in [-0.4, -0.2) is 77.9 Å². The van der Waals surface area contributed by atoms with E-state index in [-0.39, 0.29) is 31.3 Å². The van der Waals surface area contributed by atoms with E-state index in [4.69, 9.17) is 5.73 Å². The zero-order valence-corrected chi connectivity index (χ0v) is 24.9. The predicted molar refractivity (Wildman–Crippen MR) is 165 cm³/mol. The normalized spacial score (nSPS) is 17.7. The molecule has 3 rings (SSSR count). The Balaban J connectivity index is 1.76. The quantitative estimate of drug-likeness (QED) is 0.142. The van der Waals surface area contributed by atoms with E-state index in [9.17, 15) is 29.1 Å². The van der Waals surface area contributed by atoms with Crippen molar-refractivity contribution in [2.24, 2.45) is 16.6 Å². The molecule has 0 saturated heterocycles. The maximum Gasteiger partial charge on any atom is 0.326 e. The molecule has 4 amide bonds. The van der Waals surface area contributed by atoms with Gasteiger partial charge in [0.2, 0.25) is 11.8 Å². The number of aliphatic imine (C=N–C) groups is 1. The first kappa shape index (κ1) is 33.6. The molecule has 0 radical (unpaired) electrons. The summed E-state index contributed by atoms with van der Waals surface area (Å²) in [6.07, 6.45) is 1.81. The van der Waals surface area contributed by atoms with Crippen molar-refractivity contribution < 1.29 is 29.1 Å². The number of nitrogens with two attached hydrogens (primary N) is 1. The molecule has 2 aromatic rings. The first-order valence-electron chi connectivity index (χ1n) is 14.6. The summed E-state index contributed by atoms with van der Waals surface area (Å²) >= 11 is 0. The Morgan fingerprint density at radius 3 is 2.11 bits per heavy atom. The van der Waals surface area contributed by atoms with E-state index in [1.165, 1.54) is 0 Å². The zero-order valence-electron chi connectivity index (χ0n) is 24.9. The topological polar surface area (TPSA) is 204 Å². The molecule has 0 bridgehead atoms. The van der Waals surface area contributed by atoms with Gasteiger partial charge in [-0.15, -0.1) is 0 Å². The van der Waals surface area contributed by atoms with Crippen LogP contribution < -0.4 is 32.3 Å². The number of carboxylic acid groups (broad SMARTS) is 1. The van der Waals surface area contributed by atoms with E-state index in [1.54, 1.807) is 37.3 Å². The van der Waals surface area contributed by atoms with Crippen LogP contribution in [0.25, 0.3) is 0 Å². The summed E-state index contributed by atoms with van der Waals surface area (Å²) in [4.78, 5) is 68.0. The molecule has 1 heterocycles. The van der Waals surface area contributed by atoms with Crippen molar-refractivity contribution in [1.29, 1.82) is 0 Å². The Morgan fingerprint density at radius 1 is 0.955 bits per heavy atom. The Labute approximate surface area is 256 Å². The molecule has 0 fully saturated rings. The first-order valence-corrected chi connectivity index (χ1v) is 14.6. The van der Waals surface area contributed by atoms with Gasteiger partial charge in [-0.1, -0.05) is 80.9 Å². The van der Waals surface area contributed by atoms with E-state index >= 15 is 0 Å². The van der Waals surface area contributed by atoms with E-state index in [0.717, 1.165) is 5.56 Å². The molecular weight excluding hydrogens is 566 g/mol. The third-order valence-corrected chi connectivity index (χ3v) is 7.50. The lowest BCUT2D eigenvalue weighted by molar-refractivity contribution is -0.139. The molecule has 44 heavy (non-hydrogen) atoms. The third-order valence-electron chi connectivity index (χ3n) is 7.50. The summed E-state index contributed by atoms with van der Waals surface area (Å²) < 4.78 is 0. The van der Waals surface area contributed by atoms with Gasteiger partial charge in [0.15, 0.2) is 5.96 Å². The maximum atomic E-state index is 13.7. The Kier molecular flexibility index (Phi) is 12.7. The number of urea groups is 1. The summed E-state index contributed by atoms with van der Waals surface area (Å²) in [5.74, 6) is -2.72. The van der Waals surface area contributed by atoms with Gasteiger partial charge < -0.3 is 42.2 Å². The molecule has 0 aromatic heterocycles. The van der Waals surface area contributed by atoms with Crippen molar-refractivity contribution in [3.05, 3.63) is 71.8 Å². The third kappa shape index (κ3) is 10.1. The number of nitrogens with one attached hydrogen (secondary N) is 5. The van der Waals surface area contributed by atoms with Crippen LogP contribution in [0.3, 0.4) is 0 Å². The average Bonchev–Trinajstić information content (AvgIpc) is 3.02. The summed E-state index contributed by atoms with van der Waals surface area (Å²) in [6, 6.07) is 12.1. The molecular formula is C31H41N7O6. The van der Waals surface area contributed by atoms with Gasteiger partial charge in [-0.3, -0.25) is 14.6 Å². The van der Waals surface area contributed by atoms with Gasteiger partial charge in [-0.25, -0.2) is 9.59 Å². The standard InChI is InChI=1S/C31H41N7O6/c1-3-19(2)25(27(40)34-22(18-39)16-20-10-6-4-7-11-20)37-28(41)26(23-14-15-33-30(32)35-23)38-31(44)36-24(29(42)43)17-21-12-8-5-9-13-21/h4-13,18-19,22-26H,3,14-17H2,1-2H3,(H,34,40)(H,37,41)(H,42,43)(H3,32,33,35)(H2,36,38,44)/t19-,22-,23+,24-,25-,26-/m0/s1. The molecule has 236 valence electrons. The molecule has 0 unspecified atom stereocenters. The van der Waals surface area contributed by atoms with Crippen LogP contribution in [0, 0.1) is 5.92 Å². The fourth-order valence-electron chi connectivity index (χ4n) is 4.84. The second-order valence-corrected chi connectivity index (χ2v) is 10.8. The number of benzene rings is 2. The molecule has 0 aliphatic carbocycles. The van der Waals surface area contributed by atoms with Crippen LogP contribution in [0.4, 0.5) is 4.79 Å². The minimum atomic E-state index is -1.27. The summed E-state index contributed by atoms with van der Waals surface area (Å²) in [7, 11) is 0. The Morgan fingerprint density at radius 2 is 1.57 bits per heavy atom. The van der Waals surface area contributed by atoms with E-state index in [1.807, 2.05) is 37.3 Å². The SMILES string of the molecule is CC[C@H](C)[C@H](NC(=O)[C@@H](NC(=O)N[C@@H](Cc1ccccc1)C(=O)O)[C@H]1CCN=C(N)N1)C(=O)N[C@H](C=O)Cc1ccccc1. The van der Waals surface area contributed by atoms with E-state index in [0.29, 0.717) is 24.7 Å². The molecule has 0 saturated carbocycles. The number of hydrogen-bond acceptors (Lipinski definition) is 8. The molecule has 2 aromatic carbocycles. The molecule has 13 heteroatoms. The number of aliphatic carboxylic acids is 1. The van der Waals surface area contributed by atoms with Crippen LogP contribution in [0.2, 0.25) is 0 Å². The van der Waals surface area contributed by atoms with Gasteiger partial charge in [0.1, 0.15) is 24.4 Å². The lowest BCUT2D eigenvalue weighted by atomic mass is 9.96. The predicted octanol–water partition coefficient (Wildman–Crippen LogP) is 0.484. The van der Waals surface area contributed by atoms with E-state index in [2.05, 4.69) is 31.6 Å². The fraction of sp³-hybridized carbons (Fsp3) is 0.419. The Bertz CT molecular complexity index is 1310. The van der Waals surface area contributed by atoms with Crippen molar-refractivity contribution in [2.75, 3.05) is 6.54 Å². The van der Waals surface area contributed by atoms with Crippen molar-refractivity contribution >= 4 is 36.1 Å². The van der Waals surface area contributed by atoms with Crippen LogP contribution in [-0.2, 0) is 32.0 Å². The second kappa shape index (κ2) is 16.6. The highest BCUT2D eigenvalue weighted by atomic mass is 16.4. The van der Waals surface area contributed by atoms with Gasteiger partial charge >= 0.3 is 12.0 Å². The van der Waals surface area contributed by atoms with Crippen LogP contribution >= 0.6 is 0 Å². The van der Waals surface area contributed by atoms with Crippen molar-refractivity contribution in [1.82, 2.24) is 26.6 Å². The highest BCUT2D eigenvalue weighted by Gasteiger charge is 2.36. The molecule has 8 N–H and O–H groups in total. The maximum absolute atomic E-state index is 13.7. The van der Waals surface area contributed by atoms with Crippen LogP contribution in [0.15, 0.2) is 65.7 Å². The highest BCUT2D eigenvalue weighted by Crippen LogP contribution is 2.12. The molecule has 1 aliphatic heterocycles. The Hall–Kier alpha value is -4.94. The monoisotopic (exact) mass is 607 g/mol. The molecule has 6 atom stereocenters.